The van der Waals surface area contributed by atoms with Gasteiger partial charge in [-0.1, -0.05) is 20.8 Å². The third kappa shape index (κ3) is 4.50. The van der Waals surface area contributed by atoms with Crippen LogP contribution in [0.25, 0.3) is 0 Å². The van der Waals surface area contributed by atoms with Gasteiger partial charge in [0.25, 0.3) is 0 Å². The fourth-order valence-electron chi connectivity index (χ4n) is 1.45. The van der Waals surface area contributed by atoms with Crippen LogP contribution in [0.5, 0.6) is 11.5 Å². The lowest BCUT2D eigenvalue weighted by molar-refractivity contribution is 0.165. The highest BCUT2D eigenvalue weighted by Crippen LogP contribution is 2.28. The first-order chi connectivity index (χ1) is 7.97. The number of ether oxygens (including phenoxy) is 2. The third-order valence-corrected chi connectivity index (χ3v) is 3.40. The van der Waals surface area contributed by atoms with E-state index in [-0.39, 0.29) is 5.41 Å². The molecule has 96 valence electrons. The number of hydrogen-bond acceptors (Lipinski definition) is 3. The van der Waals surface area contributed by atoms with Gasteiger partial charge in [-0.3, -0.25) is 0 Å². The van der Waals surface area contributed by atoms with Crippen LogP contribution < -0.4 is 9.47 Å². The Morgan fingerprint density at radius 3 is 2.06 bits per heavy atom. The zero-order chi connectivity index (χ0) is 12.9. The molecular weight excluding hydrogens is 232 g/mol. The molecule has 0 saturated carbocycles. The highest BCUT2D eigenvalue weighted by molar-refractivity contribution is 7.80. The van der Waals surface area contributed by atoms with Crippen LogP contribution in [0, 0.1) is 11.3 Å². The van der Waals surface area contributed by atoms with Crippen LogP contribution in [0.15, 0.2) is 24.3 Å². The lowest BCUT2D eigenvalue weighted by atomic mass is 9.82. The van der Waals surface area contributed by atoms with Gasteiger partial charge in [-0.2, -0.15) is 12.6 Å². The molecule has 0 fully saturated rings. The van der Waals surface area contributed by atoms with Gasteiger partial charge in [0.2, 0.25) is 0 Å². The molecule has 1 atom stereocenters. The Morgan fingerprint density at radius 2 is 1.65 bits per heavy atom. The summed E-state index contributed by atoms with van der Waals surface area (Å²) in [6.07, 6.45) is 0. The van der Waals surface area contributed by atoms with E-state index >= 15 is 0 Å². The summed E-state index contributed by atoms with van der Waals surface area (Å²) in [5.41, 5.74) is 0.216. The Hall–Kier alpha value is -0.830. The summed E-state index contributed by atoms with van der Waals surface area (Å²) in [5.74, 6) is 2.99. The first kappa shape index (κ1) is 14.2. The maximum absolute atomic E-state index is 5.78. The van der Waals surface area contributed by atoms with Crippen LogP contribution in [0.3, 0.4) is 0 Å². The van der Waals surface area contributed by atoms with E-state index in [1.807, 2.05) is 24.3 Å². The molecule has 0 radical (unpaired) electrons. The fourth-order valence-corrected chi connectivity index (χ4v) is 2.10. The van der Waals surface area contributed by atoms with Crippen LogP contribution >= 0.6 is 12.6 Å². The van der Waals surface area contributed by atoms with Crippen molar-refractivity contribution in [3.8, 4) is 11.5 Å². The molecule has 0 aromatic heterocycles. The predicted octanol–water partition coefficient (Wildman–Crippen LogP) is 3.67. The maximum Gasteiger partial charge on any atom is 0.119 e. The maximum atomic E-state index is 5.78. The van der Waals surface area contributed by atoms with Crippen molar-refractivity contribution in [2.24, 2.45) is 11.3 Å². The van der Waals surface area contributed by atoms with Gasteiger partial charge in [0.1, 0.15) is 11.5 Å². The van der Waals surface area contributed by atoms with Crippen LogP contribution in [0.4, 0.5) is 0 Å². The fraction of sp³-hybridized carbons (Fsp3) is 0.571. The molecule has 1 rings (SSSR count). The lowest BCUT2D eigenvalue weighted by Gasteiger charge is -2.29. The minimum absolute atomic E-state index is 0.216. The van der Waals surface area contributed by atoms with Crippen molar-refractivity contribution >= 4 is 12.6 Å². The molecule has 2 nitrogen and oxygen atoms in total. The van der Waals surface area contributed by atoms with Gasteiger partial charge in [0.05, 0.1) is 13.7 Å². The topological polar surface area (TPSA) is 18.5 Å². The molecule has 0 heterocycles. The normalized spacial score (nSPS) is 13.2. The standard InChI is InChI=1S/C14H22O2S/c1-14(2,3)11(10-17)9-16-13-7-5-12(15-4)6-8-13/h5-8,11,17H,9-10H2,1-4H3. The van der Waals surface area contributed by atoms with E-state index in [9.17, 15) is 0 Å². The highest BCUT2D eigenvalue weighted by atomic mass is 32.1. The summed E-state index contributed by atoms with van der Waals surface area (Å²) in [5, 5.41) is 0. The van der Waals surface area contributed by atoms with Crippen molar-refractivity contribution in [3.63, 3.8) is 0 Å². The smallest absolute Gasteiger partial charge is 0.119 e. The first-order valence-electron chi connectivity index (χ1n) is 5.85. The summed E-state index contributed by atoms with van der Waals surface area (Å²) < 4.78 is 10.9. The average molecular weight is 254 g/mol. The highest BCUT2D eigenvalue weighted by Gasteiger charge is 2.23. The van der Waals surface area contributed by atoms with Gasteiger partial charge >= 0.3 is 0 Å². The Balaban J connectivity index is 2.54. The predicted molar refractivity (Wildman–Crippen MR) is 75.3 cm³/mol. The van der Waals surface area contributed by atoms with Gasteiger partial charge in [0, 0.05) is 5.92 Å². The molecule has 0 saturated heterocycles. The van der Waals surface area contributed by atoms with Gasteiger partial charge in [-0.05, 0) is 35.4 Å². The molecule has 0 bridgehead atoms. The monoisotopic (exact) mass is 254 g/mol. The van der Waals surface area contributed by atoms with E-state index in [4.69, 9.17) is 9.47 Å². The molecule has 0 spiro atoms. The minimum Gasteiger partial charge on any atom is -0.497 e. The van der Waals surface area contributed by atoms with E-state index in [1.54, 1.807) is 7.11 Å². The van der Waals surface area contributed by atoms with Crippen molar-refractivity contribution in [2.75, 3.05) is 19.5 Å². The van der Waals surface area contributed by atoms with Crippen molar-refractivity contribution in [3.05, 3.63) is 24.3 Å². The number of benzene rings is 1. The van der Waals surface area contributed by atoms with Crippen LogP contribution in [-0.4, -0.2) is 19.5 Å². The van der Waals surface area contributed by atoms with E-state index < -0.39 is 0 Å². The van der Waals surface area contributed by atoms with Crippen LogP contribution in [0.2, 0.25) is 0 Å². The van der Waals surface area contributed by atoms with Gasteiger partial charge in [-0.15, -0.1) is 0 Å². The molecule has 0 aliphatic rings. The molecule has 1 aromatic carbocycles. The second kappa shape index (κ2) is 6.20. The van der Waals surface area contributed by atoms with E-state index in [2.05, 4.69) is 33.4 Å². The summed E-state index contributed by atoms with van der Waals surface area (Å²) in [6.45, 7) is 7.33. The van der Waals surface area contributed by atoms with Crippen molar-refractivity contribution in [1.82, 2.24) is 0 Å². The number of methoxy groups -OCH3 is 1. The summed E-state index contributed by atoms with van der Waals surface area (Å²) in [6, 6.07) is 7.67. The number of rotatable bonds is 5. The molecule has 0 N–H and O–H groups in total. The number of hydrogen-bond donors (Lipinski definition) is 1. The van der Waals surface area contributed by atoms with E-state index in [1.165, 1.54) is 0 Å². The molecule has 1 unspecified atom stereocenters. The number of thiol groups is 1. The van der Waals surface area contributed by atoms with Crippen LogP contribution in [0.1, 0.15) is 20.8 Å². The largest absolute Gasteiger partial charge is 0.497 e. The molecule has 17 heavy (non-hydrogen) atoms. The second-order valence-electron chi connectivity index (χ2n) is 5.23. The molecule has 3 heteroatoms. The van der Waals surface area contributed by atoms with Crippen molar-refractivity contribution < 1.29 is 9.47 Å². The van der Waals surface area contributed by atoms with Gasteiger partial charge < -0.3 is 9.47 Å². The molecular formula is C14H22O2S. The van der Waals surface area contributed by atoms with E-state index in [0.29, 0.717) is 12.5 Å². The van der Waals surface area contributed by atoms with Gasteiger partial charge in [0.15, 0.2) is 0 Å². The van der Waals surface area contributed by atoms with Crippen molar-refractivity contribution in [2.45, 2.75) is 20.8 Å². The Morgan fingerprint density at radius 1 is 1.12 bits per heavy atom. The summed E-state index contributed by atoms with van der Waals surface area (Å²) in [7, 11) is 1.66. The molecule has 0 amide bonds. The minimum atomic E-state index is 0.216. The zero-order valence-corrected chi connectivity index (χ0v) is 12.0. The third-order valence-electron chi connectivity index (χ3n) is 2.96. The first-order valence-corrected chi connectivity index (χ1v) is 6.48. The molecule has 0 aliphatic carbocycles. The average Bonchev–Trinajstić information content (AvgIpc) is 2.29. The lowest BCUT2D eigenvalue weighted by Crippen LogP contribution is -2.28. The van der Waals surface area contributed by atoms with Crippen LogP contribution in [-0.2, 0) is 0 Å². The van der Waals surface area contributed by atoms with Gasteiger partial charge in [-0.25, -0.2) is 0 Å². The van der Waals surface area contributed by atoms with Crippen molar-refractivity contribution in [1.29, 1.82) is 0 Å². The zero-order valence-electron chi connectivity index (χ0n) is 11.1. The summed E-state index contributed by atoms with van der Waals surface area (Å²) in [4.78, 5) is 0. The Labute approximate surface area is 110 Å². The Kier molecular flexibility index (Phi) is 5.19. The summed E-state index contributed by atoms with van der Waals surface area (Å²) >= 11 is 4.39. The molecule has 0 aliphatic heterocycles. The van der Waals surface area contributed by atoms with E-state index in [0.717, 1.165) is 17.3 Å². The second-order valence-corrected chi connectivity index (χ2v) is 5.60. The molecule has 1 aromatic rings. The quantitative estimate of drug-likeness (QED) is 0.808. The Bertz CT molecular complexity index is 327. The SMILES string of the molecule is COc1ccc(OCC(CS)C(C)(C)C)cc1.